The SMILES string of the molecule is CC(C)C.CCn1nc(NC(C)=O)nc1-c1ccccc1. The Morgan fingerprint density at radius 1 is 1.24 bits per heavy atom. The number of benzene rings is 1. The third kappa shape index (κ3) is 5.77. The van der Waals surface area contributed by atoms with E-state index in [0.29, 0.717) is 12.5 Å². The fourth-order valence-electron chi connectivity index (χ4n) is 1.57. The number of nitrogens with zero attached hydrogens (tertiary/aromatic N) is 3. The number of anilines is 1. The maximum atomic E-state index is 11.0. The molecule has 1 heterocycles. The van der Waals surface area contributed by atoms with E-state index in [0.717, 1.165) is 17.3 Å². The molecule has 2 rings (SSSR count). The fraction of sp³-hybridized carbons (Fsp3) is 0.438. The van der Waals surface area contributed by atoms with Crippen LogP contribution in [0.5, 0.6) is 0 Å². The molecule has 2 aromatic rings. The lowest BCUT2D eigenvalue weighted by Gasteiger charge is -2.01. The molecule has 1 aromatic carbocycles. The van der Waals surface area contributed by atoms with Crippen molar-refractivity contribution in [2.75, 3.05) is 5.32 Å². The number of amides is 1. The van der Waals surface area contributed by atoms with Crippen LogP contribution in [0.4, 0.5) is 5.95 Å². The lowest BCUT2D eigenvalue weighted by molar-refractivity contribution is -0.114. The molecule has 1 N–H and O–H groups in total. The second-order valence-corrected chi connectivity index (χ2v) is 5.35. The van der Waals surface area contributed by atoms with Crippen LogP contribution in [0.1, 0.15) is 34.6 Å². The first kappa shape index (κ1) is 16.9. The molecule has 0 bridgehead atoms. The van der Waals surface area contributed by atoms with Crippen LogP contribution in [0.3, 0.4) is 0 Å². The first-order valence-electron chi connectivity index (χ1n) is 7.21. The largest absolute Gasteiger partial charge is 0.293 e. The van der Waals surface area contributed by atoms with Crippen LogP contribution in [-0.2, 0) is 11.3 Å². The number of aryl methyl sites for hydroxylation is 1. The summed E-state index contributed by atoms with van der Waals surface area (Å²) < 4.78 is 1.76. The van der Waals surface area contributed by atoms with Crippen LogP contribution in [0.2, 0.25) is 0 Å². The van der Waals surface area contributed by atoms with Crippen LogP contribution in [-0.4, -0.2) is 20.7 Å². The Morgan fingerprint density at radius 2 is 1.81 bits per heavy atom. The van der Waals surface area contributed by atoms with Crippen molar-refractivity contribution < 1.29 is 4.79 Å². The van der Waals surface area contributed by atoms with E-state index in [9.17, 15) is 4.79 Å². The molecule has 5 nitrogen and oxygen atoms in total. The molecular formula is C16H24N4O. The maximum Gasteiger partial charge on any atom is 0.249 e. The Hall–Kier alpha value is -2.17. The van der Waals surface area contributed by atoms with Crippen LogP contribution >= 0.6 is 0 Å². The Bertz CT molecular complexity index is 558. The minimum atomic E-state index is -0.169. The summed E-state index contributed by atoms with van der Waals surface area (Å²) in [6.45, 7) is 10.6. The number of carbonyl (C=O) groups is 1. The number of carbonyl (C=O) groups excluding carboxylic acids is 1. The number of hydrogen-bond donors (Lipinski definition) is 1. The predicted molar refractivity (Wildman–Crippen MR) is 85.9 cm³/mol. The summed E-state index contributed by atoms with van der Waals surface area (Å²) in [5.74, 6) is 1.77. The van der Waals surface area contributed by atoms with Gasteiger partial charge in [0.1, 0.15) is 0 Å². The Kier molecular flexibility index (Phi) is 6.59. The Balaban J connectivity index is 0.000000491. The predicted octanol–water partition coefficient (Wildman–Crippen LogP) is 3.59. The molecule has 0 saturated heterocycles. The fourth-order valence-corrected chi connectivity index (χ4v) is 1.57. The zero-order chi connectivity index (χ0) is 15.8. The zero-order valence-corrected chi connectivity index (χ0v) is 13.4. The van der Waals surface area contributed by atoms with Gasteiger partial charge in [-0.3, -0.25) is 10.1 Å². The molecule has 0 atom stereocenters. The van der Waals surface area contributed by atoms with Gasteiger partial charge in [0, 0.05) is 19.0 Å². The second-order valence-electron chi connectivity index (χ2n) is 5.35. The van der Waals surface area contributed by atoms with Gasteiger partial charge in [0.25, 0.3) is 0 Å². The van der Waals surface area contributed by atoms with Gasteiger partial charge in [-0.05, 0) is 12.8 Å². The average Bonchev–Trinajstić information content (AvgIpc) is 2.81. The summed E-state index contributed by atoms with van der Waals surface area (Å²) in [7, 11) is 0. The highest BCUT2D eigenvalue weighted by Crippen LogP contribution is 2.18. The Morgan fingerprint density at radius 3 is 2.29 bits per heavy atom. The van der Waals surface area contributed by atoms with Gasteiger partial charge in [-0.15, -0.1) is 5.10 Å². The summed E-state index contributed by atoms with van der Waals surface area (Å²) in [6, 6.07) is 9.77. The number of nitrogens with one attached hydrogen (secondary N) is 1. The van der Waals surface area contributed by atoms with E-state index in [4.69, 9.17) is 0 Å². The van der Waals surface area contributed by atoms with E-state index < -0.39 is 0 Å². The van der Waals surface area contributed by atoms with Crippen molar-refractivity contribution in [2.45, 2.75) is 41.2 Å². The van der Waals surface area contributed by atoms with Gasteiger partial charge in [-0.1, -0.05) is 51.1 Å². The van der Waals surface area contributed by atoms with Crippen molar-refractivity contribution in [3.05, 3.63) is 30.3 Å². The molecule has 0 aliphatic heterocycles. The minimum absolute atomic E-state index is 0.169. The number of rotatable bonds is 3. The quantitative estimate of drug-likeness (QED) is 0.939. The number of aromatic nitrogens is 3. The van der Waals surface area contributed by atoms with E-state index in [1.165, 1.54) is 6.92 Å². The van der Waals surface area contributed by atoms with Crippen molar-refractivity contribution in [3.63, 3.8) is 0 Å². The van der Waals surface area contributed by atoms with Crippen LogP contribution in [0.15, 0.2) is 30.3 Å². The highest BCUT2D eigenvalue weighted by molar-refractivity contribution is 5.86. The third-order valence-corrected chi connectivity index (χ3v) is 2.29. The monoisotopic (exact) mass is 288 g/mol. The van der Waals surface area contributed by atoms with Crippen molar-refractivity contribution in [2.24, 2.45) is 5.92 Å². The van der Waals surface area contributed by atoms with Crippen molar-refractivity contribution >= 4 is 11.9 Å². The summed E-state index contributed by atoms with van der Waals surface area (Å²) in [4.78, 5) is 15.3. The molecule has 1 amide bonds. The topological polar surface area (TPSA) is 59.8 Å². The molecule has 114 valence electrons. The van der Waals surface area contributed by atoms with Crippen LogP contribution < -0.4 is 5.32 Å². The van der Waals surface area contributed by atoms with E-state index in [-0.39, 0.29) is 5.91 Å². The molecule has 0 fully saturated rings. The van der Waals surface area contributed by atoms with Gasteiger partial charge in [0.15, 0.2) is 5.82 Å². The molecule has 0 spiro atoms. The van der Waals surface area contributed by atoms with Gasteiger partial charge >= 0.3 is 0 Å². The van der Waals surface area contributed by atoms with Gasteiger partial charge in [-0.2, -0.15) is 4.98 Å². The zero-order valence-electron chi connectivity index (χ0n) is 13.4. The summed E-state index contributed by atoms with van der Waals surface area (Å²) >= 11 is 0. The second kappa shape index (κ2) is 8.19. The molecule has 1 aromatic heterocycles. The molecular weight excluding hydrogens is 264 g/mol. The molecule has 0 saturated carbocycles. The van der Waals surface area contributed by atoms with Gasteiger partial charge in [-0.25, -0.2) is 4.68 Å². The normalized spacial score (nSPS) is 10.0. The van der Waals surface area contributed by atoms with E-state index in [1.807, 2.05) is 37.3 Å². The van der Waals surface area contributed by atoms with Crippen molar-refractivity contribution in [3.8, 4) is 11.4 Å². The Labute approximate surface area is 126 Å². The highest BCUT2D eigenvalue weighted by Gasteiger charge is 2.10. The van der Waals surface area contributed by atoms with Gasteiger partial charge in [0.2, 0.25) is 11.9 Å². The highest BCUT2D eigenvalue weighted by atomic mass is 16.1. The van der Waals surface area contributed by atoms with E-state index in [2.05, 4.69) is 36.2 Å². The van der Waals surface area contributed by atoms with Crippen LogP contribution in [0.25, 0.3) is 11.4 Å². The smallest absolute Gasteiger partial charge is 0.249 e. The maximum absolute atomic E-state index is 11.0. The lowest BCUT2D eigenvalue weighted by atomic mass is 10.2. The first-order valence-corrected chi connectivity index (χ1v) is 7.21. The standard InChI is InChI=1S/C12H14N4O.C4H10/c1-3-16-11(10-7-5-4-6-8-10)14-12(15-16)13-9(2)17;1-4(2)3/h4-8H,3H2,1-2H3,(H,13,15,17);4H,1-3H3. The summed E-state index contributed by atoms with van der Waals surface area (Å²) in [6.07, 6.45) is 0. The van der Waals surface area contributed by atoms with Crippen molar-refractivity contribution in [1.29, 1.82) is 0 Å². The first-order chi connectivity index (χ1) is 9.93. The lowest BCUT2D eigenvalue weighted by Crippen LogP contribution is -2.07. The summed E-state index contributed by atoms with van der Waals surface area (Å²) in [5.41, 5.74) is 0.985. The molecule has 21 heavy (non-hydrogen) atoms. The molecule has 5 heteroatoms. The summed E-state index contributed by atoms with van der Waals surface area (Å²) in [5, 5.41) is 6.81. The van der Waals surface area contributed by atoms with Gasteiger partial charge < -0.3 is 0 Å². The number of hydrogen-bond acceptors (Lipinski definition) is 3. The van der Waals surface area contributed by atoms with Crippen LogP contribution in [0, 0.1) is 5.92 Å². The van der Waals surface area contributed by atoms with E-state index >= 15 is 0 Å². The molecule has 0 unspecified atom stereocenters. The molecule has 0 aliphatic rings. The third-order valence-electron chi connectivity index (χ3n) is 2.29. The van der Waals surface area contributed by atoms with Crippen molar-refractivity contribution in [1.82, 2.24) is 14.8 Å². The average molecular weight is 288 g/mol. The molecule has 0 aliphatic carbocycles. The minimum Gasteiger partial charge on any atom is -0.293 e. The van der Waals surface area contributed by atoms with Gasteiger partial charge in [0.05, 0.1) is 0 Å². The molecule has 0 radical (unpaired) electrons. The van der Waals surface area contributed by atoms with E-state index in [1.54, 1.807) is 4.68 Å².